The van der Waals surface area contributed by atoms with E-state index in [1.54, 1.807) is 0 Å². The van der Waals surface area contributed by atoms with Crippen LogP contribution in [-0.2, 0) is 4.79 Å². The van der Waals surface area contributed by atoms with Crippen molar-refractivity contribution in [3.63, 3.8) is 0 Å². The van der Waals surface area contributed by atoms with E-state index in [0.717, 1.165) is 25.7 Å². The summed E-state index contributed by atoms with van der Waals surface area (Å²) in [5, 5.41) is 0. The van der Waals surface area contributed by atoms with Crippen LogP contribution in [0.1, 0.15) is 73.1 Å². The van der Waals surface area contributed by atoms with Crippen LogP contribution < -0.4 is 0 Å². The van der Waals surface area contributed by atoms with Gasteiger partial charge in [0.2, 0.25) is 0 Å². The molecule has 20 heavy (non-hydrogen) atoms. The van der Waals surface area contributed by atoms with Gasteiger partial charge in [-0.3, -0.25) is 4.79 Å². The summed E-state index contributed by atoms with van der Waals surface area (Å²) >= 11 is 0. The molecular formula is C19H30O. The highest BCUT2D eigenvalue weighted by atomic mass is 16.1. The van der Waals surface area contributed by atoms with Gasteiger partial charge < -0.3 is 0 Å². The monoisotopic (exact) mass is 274 g/mol. The van der Waals surface area contributed by atoms with Crippen molar-refractivity contribution in [2.24, 2.45) is 28.6 Å². The second-order valence-electron chi connectivity index (χ2n) is 8.30. The Labute approximate surface area is 124 Å². The Morgan fingerprint density at radius 1 is 1.35 bits per heavy atom. The van der Waals surface area contributed by atoms with Gasteiger partial charge in [-0.05, 0) is 63.7 Å². The molecule has 0 aromatic carbocycles. The molecule has 112 valence electrons. The highest BCUT2D eigenvalue weighted by molar-refractivity contribution is 5.83. The summed E-state index contributed by atoms with van der Waals surface area (Å²) in [5.41, 5.74) is 0.362. The first kappa shape index (κ1) is 15.6. The minimum atomic E-state index is 0.0998. The lowest BCUT2D eigenvalue weighted by atomic mass is 9.62. The second kappa shape index (κ2) is 5.55. The molecule has 2 fully saturated rings. The van der Waals surface area contributed by atoms with Crippen LogP contribution in [0.15, 0.2) is 0 Å². The number of hydrogen-bond donors (Lipinski definition) is 0. The summed E-state index contributed by atoms with van der Waals surface area (Å²) in [6.45, 7) is 11.2. The zero-order chi connectivity index (χ0) is 15.0. The van der Waals surface area contributed by atoms with Crippen molar-refractivity contribution < 1.29 is 4.79 Å². The number of rotatable bonds is 2. The molecular weight excluding hydrogens is 244 g/mol. The Hall–Kier alpha value is -0.770. The summed E-state index contributed by atoms with van der Waals surface area (Å²) in [7, 11) is 0. The molecule has 0 aliphatic heterocycles. The summed E-state index contributed by atoms with van der Waals surface area (Å²) in [4.78, 5) is 12.2. The molecule has 0 amide bonds. The molecule has 2 aliphatic carbocycles. The van der Waals surface area contributed by atoms with Gasteiger partial charge in [-0.1, -0.05) is 19.8 Å². The molecule has 0 spiro atoms. The van der Waals surface area contributed by atoms with E-state index in [1.807, 2.05) is 0 Å². The minimum Gasteiger partial charge on any atom is -0.299 e. The van der Waals surface area contributed by atoms with Crippen LogP contribution >= 0.6 is 0 Å². The molecule has 0 saturated heterocycles. The summed E-state index contributed by atoms with van der Waals surface area (Å²) in [5.74, 6) is 8.93. The van der Waals surface area contributed by atoms with Gasteiger partial charge in [0.1, 0.15) is 5.78 Å². The third-order valence-corrected chi connectivity index (χ3v) is 5.51. The van der Waals surface area contributed by atoms with Crippen LogP contribution in [0.4, 0.5) is 0 Å². The van der Waals surface area contributed by atoms with Crippen LogP contribution in [-0.4, -0.2) is 5.78 Å². The van der Waals surface area contributed by atoms with Gasteiger partial charge in [0.25, 0.3) is 0 Å². The van der Waals surface area contributed by atoms with Gasteiger partial charge in [0.05, 0.1) is 0 Å². The fourth-order valence-corrected chi connectivity index (χ4v) is 4.52. The average Bonchev–Trinajstić information content (AvgIpc) is 2.66. The fraction of sp³-hybridized carbons (Fsp3) is 0.842. The highest BCUT2D eigenvalue weighted by Gasteiger charge is 2.52. The summed E-state index contributed by atoms with van der Waals surface area (Å²) in [6.07, 6.45) is 6.50. The van der Waals surface area contributed by atoms with Crippen molar-refractivity contribution >= 4 is 5.78 Å². The Kier molecular flexibility index (Phi) is 4.33. The lowest BCUT2D eigenvalue weighted by molar-refractivity contribution is -0.130. The fourth-order valence-electron chi connectivity index (χ4n) is 4.52. The maximum atomic E-state index is 12.2. The van der Waals surface area contributed by atoms with E-state index in [1.165, 1.54) is 12.8 Å². The molecule has 0 radical (unpaired) electrons. The molecule has 2 saturated carbocycles. The van der Waals surface area contributed by atoms with Gasteiger partial charge in [-0.2, -0.15) is 0 Å². The topological polar surface area (TPSA) is 17.1 Å². The van der Waals surface area contributed by atoms with Crippen LogP contribution in [0, 0.1) is 40.4 Å². The molecule has 0 bridgehead atoms. The minimum absolute atomic E-state index is 0.0998. The van der Waals surface area contributed by atoms with Gasteiger partial charge >= 0.3 is 0 Å². The molecule has 0 aromatic rings. The molecule has 1 nitrogen and oxygen atoms in total. The Morgan fingerprint density at radius 3 is 2.70 bits per heavy atom. The SMILES string of the molecule is CC(CC#CC(C)(C)C)C1CCC2C(=O)CCCC21C. The lowest BCUT2D eigenvalue weighted by Gasteiger charge is -2.42. The number of hydrogen-bond acceptors (Lipinski definition) is 1. The zero-order valence-electron chi connectivity index (χ0n) is 13.9. The van der Waals surface area contributed by atoms with E-state index in [0.29, 0.717) is 23.5 Å². The number of carbonyl (C=O) groups excluding carboxylic acids is 1. The van der Waals surface area contributed by atoms with Crippen molar-refractivity contribution in [1.29, 1.82) is 0 Å². The molecule has 0 aromatic heterocycles. The number of Topliss-reactive ketones (excluding diaryl/α,β-unsaturated/α-hetero) is 1. The van der Waals surface area contributed by atoms with Crippen LogP contribution in [0.5, 0.6) is 0 Å². The second-order valence-corrected chi connectivity index (χ2v) is 8.30. The first-order valence-electron chi connectivity index (χ1n) is 8.27. The smallest absolute Gasteiger partial charge is 0.136 e. The van der Waals surface area contributed by atoms with Gasteiger partial charge in [0, 0.05) is 24.2 Å². The summed E-state index contributed by atoms with van der Waals surface area (Å²) < 4.78 is 0. The maximum absolute atomic E-state index is 12.2. The third kappa shape index (κ3) is 3.11. The van der Waals surface area contributed by atoms with E-state index in [2.05, 4.69) is 46.5 Å². The zero-order valence-corrected chi connectivity index (χ0v) is 13.9. The van der Waals surface area contributed by atoms with Gasteiger partial charge in [-0.15, -0.1) is 5.92 Å². The first-order chi connectivity index (χ1) is 9.24. The predicted octanol–water partition coefficient (Wildman–Crippen LogP) is 4.85. The van der Waals surface area contributed by atoms with Gasteiger partial charge in [0.15, 0.2) is 0 Å². The Balaban J connectivity index is 2.05. The number of fused-ring (bicyclic) bond motifs is 1. The normalized spacial score (nSPS) is 35.1. The number of carbonyl (C=O) groups is 1. The van der Waals surface area contributed by atoms with Crippen LogP contribution in [0.3, 0.4) is 0 Å². The van der Waals surface area contributed by atoms with E-state index in [4.69, 9.17) is 0 Å². The molecule has 0 heterocycles. The van der Waals surface area contributed by atoms with Crippen molar-refractivity contribution in [3.8, 4) is 11.8 Å². The average molecular weight is 274 g/mol. The quantitative estimate of drug-likeness (QED) is 0.658. The third-order valence-electron chi connectivity index (χ3n) is 5.51. The van der Waals surface area contributed by atoms with Crippen LogP contribution in [0.25, 0.3) is 0 Å². The molecule has 2 aliphatic rings. The lowest BCUT2D eigenvalue weighted by Crippen LogP contribution is -2.39. The van der Waals surface area contributed by atoms with Crippen molar-refractivity contribution in [1.82, 2.24) is 0 Å². The highest BCUT2D eigenvalue weighted by Crippen LogP contribution is 2.56. The largest absolute Gasteiger partial charge is 0.299 e. The Morgan fingerprint density at radius 2 is 2.05 bits per heavy atom. The molecule has 4 atom stereocenters. The van der Waals surface area contributed by atoms with Gasteiger partial charge in [-0.25, -0.2) is 0 Å². The maximum Gasteiger partial charge on any atom is 0.136 e. The standard InChI is InChI=1S/C19H30O/c1-14(8-6-12-18(2,3)4)15-10-11-16-17(20)9-7-13-19(15,16)5/h14-16H,7-11,13H2,1-5H3. The van der Waals surface area contributed by atoms with Crippen molar-refractivity contribution in [3.05, 3.63) is 0 Å². The molecule has 0 N–H and O–H groups in total. The number of ketones is 1. The molecule has 2 rings (SSSR count). The van der Waals surface area contributed by atoms with E-state index < -0.39 is 0 Å². The van der Waals surface area contributed by atoms with E-state index in [-0.39, 0.29) is 10.8 Å². The Bertz CT molecular complexity index is 431. The van der Waals surface area contributed by atoms with Crippen LogP contribution in [0.2, 0.25) is 0 Å². The predicted molar refractivity (Wildman–Crippen MR) is 84.2 cm³/mol. The van der Waals surface area contributed by atoms with E-state index in [9.17, 15) is 4.79 Å². The molecule has 4 unspecified atom stereocenters. The molecule has 1 heteroatoms. The summed E-state index contributed by atoms with van der Waals surface area (Å²) in [6, 6.07) is 0. The van der Waals surface area contributed by atoms with Crippen molar-refractivity contribution in [2.45, 2.75) is 73.1 Å². The first-order valence-corrected chi connectivity index (χ1v) is 8.27. The van der Waals surface area contributed by atoms with E-state index >= 15 is 0 Å². The van der Waals surface area contributed by atoms with Crippen molar-refractivity contribution in [2.75, 3.05) is 0 Å².